The number of hydrogen-bond donors (Lipinski definition) is 2. The summed E-state index contributed by atoms with van der Waals surface area (Å²) in [5.74, 6) is 0.0923. The number of H-pyrrole nitrogens is 1. The second kappa shape index (κ2) is 7.59. The molecule has 0 bridgehead atoms. The first-order valence-corrected chi connectivity index (χ1v) is 9.01. The highest BCUT2D eigenvalue weighted by Gasteiger charge is 2.33. The van der Waals surface area contributed by atoms with Gasteiger partial charge in [0.15, 0.2) is 0 Å². The van der Waals surface area contributed by atoms with Crippen molar-refractivity contribution in [2.75, 3.05) is 25.4 Å². The van der Waals surface area contributed by atoms with Crippen molar-refractivity contribution in [3.63, 3.8) is 0 Å². The third-order valence-corrected chi connectivity index (χ3v) is 4.86. The first-order chi connectivity index (χ1) is 13.2. The number of rotatable bonds is 4. The minimum absolute atomic E-state index is 0.0533. The molecule has 1 saturated heterocycles. The van der Waals surface area contributed by atoms with Crippen molar-refractivity contribution in [2.24, 2.45) is 0 Å². The van der Waals surface area contributed by atoms with Crippen LogP contribution in [-0.2, 0) is 6.54 Å². The number of benzene rings is 2. The number of aromatic amines is 1. The van der Waals surface area contributed by atoms with Crippen LogP contribution in [0, 0.1) is 0 Å². The second-order valence-corrected chi connectivity index (χ2v) is 6.69. The second-order valence-electron chi connectivity index (χ2n) is 6.69. The molecule has 1 amide bonds. The van der Waals surface area contributed by atoms with Crippen LogP contribution in [0.4, 0.5) is 5.95 Å². The molecule has 0 spiro atoms. The highest BCUT2D eigenvalue weighted by atomic mass is 16.2. The van der Waals surface area contributed by atoms with Crippen LogP contribution < -0.4 is 5.73 Å². The van der Waals surface area contributed by atoms with Crippen LogP contribution in [0.5, 0.6) is 0 Å². The van der Waals surface area contributed by atoms with E-state index in [0.717, 1.165) is 25.2 Å². The van der Waals surface area contributed by atoms with Crippen LogP contribution in [0.1, 0.15) is 27.8 Å². The smallest absolute Gasteiger partial charge is 0.291 e. The number of carbonyl (C=O) groups is 1. The Labute approximate surface area is 157 Å². The van der Waals surface area contributed by atoms with E-state index in [1.807, 2.05) is 29.2 Å². The Kier molecular flexibility index (Phi) is 4.84. The Bertz CT molecular complexity index is 895. The fourth-order valence-corrected chi connectivity index (χ4v) is 3.53. The average molecular weight is 362 g/mol. The third-order valence-electron chi connectivity index (χ3n) is 4.86. The summed E-state index contributed by atoms with van der Waals surface area (Å²) in [5.41, 5.74) is 7.95. The van der Waals surface area contributed by atoms with Crippen LogP contribution in [0.3, 0.4) is 0 Å². The van der Waals surface area contributed by atoms with E-state index in [-0.39, 0.29) is 23.7 Å². The van der Waals surface area contributed by atoms with Crippen LogP contribution in [0.2, 0.25) is 0 Å². The molecular formula is C20H22N6O. The predicted molar refractivity (Wildman–Crippen MR) is 103 cm³/mol. The van der Waals surface area contributed by atoms with E-state index in [9.17, 15) is 4.79 Å². The maximum Gasteiger partial charge on any atom is 0.291 e. The van der Waals surface area contributed by atoms with Crippen molar-refractivity contribution >= 4 is 11.9 Å². The number of anilines is 1. The number of carbonyl (C=O) groups excluding carboxylic acids is 1. The van der Waals surface area contributed by atoms with E-state index in [2.05, 4.69) is 56.5 Å². The molecule has 1 unspecified atom stereocenters. The molecule has 1 aromatic heterocycles. The largest absolute Gasteiger partial charge is 0.366 e. The molecule has 1 atom stereocenters. The van der Waals surface area contributed by atoms with Crippen LogP contribution >= 0.6 is 0 Å². The number of piperazine rings is 1. The lowest BCUT2D eigenvalue weighted by Gasteiger charge is -2.41. The van der Waals surface area contributed by atoms with Crippen molar-refractivity contribution in [1.82, 2.24) is 25.0 Å². The van der Waals surface area contributed by atoms with Gasteiger partial charge in [0.05, 0.1) is 6.04 Å². The summed E-state index contributed by atoms with van der Waals surface area (Å²) in [6.07, 6.45) is 0. The summed E-state index contributed by atoms with van der Waals surface area (Å²) in [6, 6.07) is 20.4. The molecule has 0 aliphatic carbocycles. The van der Waals surface area contributed by atoms with Crippen molar-refractivity contribution in [3.05, 3.63) is 77.6 Å². The predicted octanol–water partition coefficient (Wildman–Crippen LogP) is 2.09. The monoisotopic (exact) mass is 362 g/mol. The van der Waals surface area contributed by atoms with Crippen molar-refractivity contribution in [1.29, 1.82) is 0 Å². The number of amides is 1. The Morgan fingerprint density at radius 1 is 1.07 bits per heavy atom. The van der Waals surface area contributed by atoms with Gasteiger partial charge in [-0.15, -0.1) is 5.10 Å². The molecule has 0 radical (unpaired) electrons. The van der Waals surface area contributed by atoms with Gasteiger partial charge in [0.1, 0.15) is 0 Å². The molecule has 7 heteroatoms. The summed E-state index contributed by atoms with van der Waals surface area (Å²) < 4.78 is 0. The van der Waals surface area contributed by atoms with Crippen LogP contribution in [0.25, 0.3) is 0 Å². The van der Waals surface area contributed by atoms with E-state index < -0.39 is 0 Å². The van der Waals surface area contributed by atoms with E-state index in [4.69, 9.17) is 5.73 Å². The summed E-state index contributed by atoms with van der Waals surface area (Å²) in [6.45, 7) is 3.04. The lowest BCUT2D eigenvalue weighted by Crippen LogP contribution is -2.50. The zero-order valence-electron chi connectivity index (χ0n) is 15.0. The molecule has 1 fully saturated rings. The number of nitrogens with one attached hydrogen (secondary N) is 1. The quantitative estimate of drug-likeness (QED) is 0.741. The van der Waals surface area contributed by atoms with Gasteiger partial charge in [0.25, 0.3) is 5.91 Å². The first-order valence-electron chi connectivity index (χ1n) is 9.01. The molecule has 7 nitrogen and oxygen atoms in total. The summed E-state index contributed by atoms with van der Waals surface area (Å²) in [5, 5.41) is 6.42. The van der Waals surface area contributed by atoms with E-state index in [0.29, 0.717) is 6.54 Å². The highest BCUT2D eigenvalue weighted by Crippen LogP contribution is 2.27. The van der Waals surface area contributed by atoms with Gasteiger partial charge < -0.3 is 10.6 Å². The van der Waals surface area contributed by atoms with Crippen molar-refractivity contribution in [2.45, 2.75) is 12.6 Å². The Balaban J connectivity index is 1.57. The fraction of sp³-hybridized carbons (Fsp3) is 0.250. The molecule has 1 aliphatic rings. The minimum Gasteiger partial charge on any atom is -0.366 e. The lowest BCUT2D eigenvalue weighted by atomic mass is 10.0. The number of aromatic nitrogens is 3. The normalized spacial score (nSPS) is 17.8. The summed E-state index contributed by atoms with van der Waals surface area (Å²) in [4.78, 5) is 21.2. The molecular weight excluding hydrogens is 340 g/mol. The highest BCUT2D eigenvalue weighted by molar-refractivity contribution is 5.91. The molecule has 27 heavy (non-hydrogen) atoms. The third kappa shape index (κ3) is 3.83. The van der Waals surface area contributed by atoms with Crippen molar-refractivity contribution in [3.8, 4) is 0 Å². The number of nitrogen functional groups attached to an aromatic ring is 1. The molecule has 2 heterocycles. The molecule has 3 aromatic rings. The molecule has 4 rings (SSSR count). The van der Waals surface area contributed by atoms with Gasteiger partial charge in [0.2, 0.25) is 11.8 Å². The molecule has 138 valence electrons. The van der Waals surface area contributed by atoms with Crippen molar-refractivity contribution < 1.29 is 4.79 Å². The van der Waals surface area contributed by atoms with Gasteiger partial charge in [0, 0.05) is 26.2 Å². The van der Waals surface area contributed by atoms with E-state index >= 15 is 0 Å². The fourth-order valence-electron chi connectivity index (χ4n) is 3.53. The zero-order valence-corrected chi connectivity index (χ0v) is 15.0. The molecule has 3 N–H and O–H groups in total. The van der Waals surface area contributed by atoms with Crippen LogP contribution in [-0.4, -0.2) is 50.5 Å². The Morgan fingerprint density at radius 2 is 1.78 bits per heavy atom. The SMILES string of the molecule is Nc1n[nH]c(C(=O)N2CCN(Cc3ccccc3)CC2c2ccccc2)n1. The number of nitrogens with zero attached hydrogens (tertiary/aromatic N) is 4. The maximum atomic E-state index is 13.0. The topological polar surface area (TPSA) is 91.1 Å². The lowest BCUT2D eigenvalue weighted by molar-refractivity contribution is 0.0423. The maximum absolute atomic E-state index is 13.0. The molecule has 1 aliphatic heterocycles. The Hall–Kier alpha value is -3.19. The summed E-state index contributed by atoms with van der Waals surface area (Å²) in [7, 11) is 0. The van der Waals surface area contributed by atoms with Gasteiger partial charge in [-0.3, -0.25) is 14.8 Å². The molecule has 2 aromatic carbocycles. The zero-order chi connectivity index (χ0) is 18.6. The number of hydrogen-bond acceptors (Lipinski definition) is 5. The van der Waals surface area contributed by atoms with E-state index in [1.165, 1.54) is 5.56 Å². The van der Waals surface area contributed by atoms with Gasteiger partial charge in [-0.25, -0.2) is 0 Å². The summed E-state index contributed by atoms with van der Waals surface area (Å²) >= 11 is 0. The van der Waals surface area contributed by atoms with Gasteiger partial charge in [-0.1, -0.05) is 60.7 Å². The van der Waals surface area contributed by atoms with Gasteiger partial charge >= 0.3 is 0 Å². The van der Waals surface area contributed by atoms with Crippen LogP contribution in [0.15, 0.2) is 60.7 Å². The minimum atomic E-state index is -0.174. The average Bonchev–Trinajstić information content (AvgIpc) is 3.15. The van der Waals surface area contributed by atoms with Gasteiger partial charge in [-0.05, 0) is 11.1 Å². The standard InChI is InChI=1S/C20H22N6O/c21-20-22-18(23-24-20)19(27)26-12-11-25(13-15-7-3-1-4-8-15)14-17(26)16-9-5-2-6-10-16/h1-10,17H,11-14H2,(H3,21,22,23,24). The Morgan fingerprint density at radius 3 is 2.44 bits per heavy atom. The first kappa shape index (κ1) is 17.2. The van der Waals surface area contributed by atoms with E-state index in [1.54, 1.807) is 0 Å². The molecule has 0 saturated carbocycles. The number of nitrogens with two attached hydrogens (primary N) is 1. The van der Waals surface area contributed by atoms with Gasteiger partial charge in [-0.2, -0.15) is 4.98 Å².